The van der Waals surface area contributed by atoms with E-state index in [0.29, 0.717) is 16.5 Å². The van der Waals surface area contributed by atoms with Crippen molar-refractivity contribution < 1.29 is 14.2 Å². The Morgan fingerprint density at radius 2 is 2.07 bits per heavy atom. The highest BCUT2D eigenvalue weighted by atomic mass is 19.1. The van der Waals surface area contributed by atoms with Gasteiger partial charge in [-0.25, -0.2) is 4.39 Å². The first-order valence-corrected chi connectivity index (χ1v) is 9.79. The summed E-state index contributed by atoms with van der Waals surface area (Å²) in [6, 6.07) is 10.3. The SMILES string of the molecule is Cc1cc(N=Cc2c(O)[nH]c3ccc(F)cc23)ccc1NCCN1CCOCC1. The minimum Gasteiger partial charge on any atom is -0.494 e. The fourth-order valence-corrected chi connectivity index (χ4v) is 3.54. The van der Waals surface area contributed by atoms with E-state index in [1.165, 1.54) is 12.1 Å². The standard InChI is InChI=1S/C22H25FN4O2/c1-15-12-17(3-5-20(15)24-6-7-27-8-10-29-11-9-27)25-14-19-18-13-16(23)2-4-21(18)26-22(19)28/h2-5,12-14,24,26,28H,6-11H2,1H3. The van der Waals surface area contributed by atoms with E-state index in [-0.39, 0.29) is 11.7 Å². The number of rotatable bonds is 6. The average Bonchev–Trinajstić information content (AvgIpc) is 3.03. The monoisotopic (exact) mass is 396 g/mol. The van der Waals surface area contributed by atoms with Gasteiger partial charge in [-0.3, -0.25) is 9.89 Å². The maximum atomic E-state index is 13.6. The minimum atomic E-state index is -0.352. The molecule has 0 bridgehead atoms. The normalized spacial score (nSPS) is 15.4. The van der Waals surface area contributed by atoms with Gasteiger partial charge in [0.15, 0.2) is 5.88 Å². The highest BCUT2D eigenvalue weighted by Gasteiger charge is 2.11. The Balaban J connectivity index is 1.43. The van der Waals surface area contributed by atoms with Crippen LogP contribution < -0.4 is 5.32 Å². The van der Waals surface area contributed by atoms with Crippen molar-refractivity contribution in [2.45, 2.75) is 6.92 Å². The lowest BCUT2D eigenvalue weighted by atomic mass is 10.1. The Bertz CT molecular complexity index is 1030. The number of ether oxygens (including phenoxy) is 1. The van der Waals surface area contributed by atoms with Gasteiger partial charge in [-0.05, 0) is 48.9 Å². The molecule has 0 saturated carbocycles. The van der Waals surface area contributed by atoms with Crippen molar-refractivity contribution in [3.8, 4) is 5.88 Å². The van der Waals surface area contributed by atoms with Crippen LogP contribution in [0.4, 0.5) is 15.8 Å². The molecule has 7 heteroatoms. The molecule has 29 heavy (non-hydrogen) atoms. The predicted octanol–water partition coefficient (Wildman–Crippen LogP) is 3.82. The van der Waals surface area contributed by atoms with Gasteiger partial charge >= 0.3 is 0 Å². The fourth-order valence-electron chi connectivity index (χ4n) is 3.54. The summed E-state index contributed by atoms with van der Waals surface area (Å²) in [7, 11) is 0. The zero-order valence-electron chi connectivity index (χ0n) is 16.4. The summed E-state index contributed by atoms with van der Waals surface area (Å²) in [6.07, 6.45) is 1.56. The molecule has 152 valence electrons. The molecule has 2 heterocycles. The van der Waals surface area contributed by atoms with Crippen LogP contribution in [-0.2, 0) is 4.74 Å². The van der Waals surface area contributed by atoms with Crippen LogP contribution in [0.5, 0.6) is 5.88 Å². The number of nitrogens with one attached hydrogen (secondary N) is 2. The van der Waals surface area contributed by atoms with Crippen molar-refractivity contribution in [1.29, 1.82) is 0 Å². The van der Waals surface area contributed by atoms with Gasteiger partial charge in [-0.1, -0.05) is 0 Å². The van der Waals surface area contributed by atoms with Crippen LogP contribution >= 0.6 is 0 Å². The quantitative estimate of drug-likeness (QED) is 0.554. The second kappa shape index (κ2) is 8.63. The summed E-state index contributed by atoms with van der Waals surface area (Å²) >= 11 is 0. The Morgan fingerprint density at radius 3 is 2.86 bits per heavy atom. The van der Waals surface area contributed by atoms with E-state index in [1.54, 1.807) is 12.3 Å². The number of morpholine rings is 1. The second-order valence-corrected chi connectivity index (χ2v) is 7.22. The molecule has 0 radical (unpaired) electrons. The lowest BCUT2D eigenvalue weighted by Crippen LogP contribution is -2.39. The number of aryl methyl sites for hydroxylation is 1. The first-order chi connectivity index (χ1) is 14.1. The van der Waals surface area contributed by atoms with Crippen molar-refractivity contribution in [3.63, 3.8) is 0 Å². The molecular weight excluding hydrogens is 371 g/mol. The Hall–Kier alpha value is -2.90. The molecule has 0 spiro atoms. The summed E-state index contributed by atoms with van der Waals surface area (Å²) in [6.45, 7) is 7.48. The molecule has 6 nitrogen and oxygen atoms in total. The summed E-state index contributed by atoms with van der Waals surface area (Å²) in [5.41, 5.74) is 4.09. The highest BCUT2D eigenvalue weighted by molar-refractivity contribution is 6.02. The van der Waals surface area contributed by atoms with E-state index >= 15 is 0 Å². The molecule has 1 fully saturated rings. The molecule has 0 unspecified atom stereocenters. The molecule has 1 aliphatic rings. The third-order valence-electron chi connectivity index (χ3n) is 5.18. The molecule has 1 aromatic heterocycles. The van der Waals surface area contributed by atoms with Gasteiger partial charge < -0.3 is 20.1 Å². The van der Waals surface area contributed by atoms with Crippen molar-refractivity contribution in [2.75, 3.05) is 44.7 Å². The van der Waals surface area contributed by atoms with Crippen molar-refractivity contribution in [2.24, 2.45) is 4.99 Å². The molecule has 3 N–H and O–H groups in total. The number of anilines is 1. The van der Waals surface area contributed by atoms with Crippen LogP contribution in [0.1, 0.15) is 11.1 Å². The molecule has 0 aliphatic carbocycles. The number of halogens is 1. The first-order valence-electron chi connectivity index (χ1n) is 9.79. The topological polar surface area (TPSA) is 72.9 Å². The van der Waals surface area contributed by atoms with E-state index in [2.05, 4.69) is 20.2 Å². The van der Waals surface area contributed by atoms with E-state index in [9.17, 15) is 9.50 Å². The molecule has 4 rings (SSSR count). The van der Waals surface area contributed by atoms with E-state index in [4.69, 9.17) is 4.74 Å². The van der Waals surface area contributed by atoms with E-state index < -0.39 is 0 Å². The van der Waals surface area contributed by atoms with Crippen LogP contribution in [0.3, 0.4) is 0 Å². The number of hydrogen-bond acceptors (Lipinski definition) is 5. The van der Waals surface area contributed by atoms with Gasteiger partial charge in [0, 0.05) is 49.0 Å². The zero-order chi connectivity index (χ0) is 20.2. The molecule has 0 amide bonds. The van der Waals surface area contributed by atoms with Gasteiger partial charge in [0.05, 0.1) is 24.5 Å². The number of aromatic amines is 1. The molecular formula is C22H25FN4O2. The average molecular weight is 396 g/mol. The van der Waals surface area contributed by atoms with Crippen LogP contribution in [0.25, 0.3) is 10.9 Å². The van der Waals surface area contributed by atoms with Crippen molar-refractivity contribution in [3.05, 3.63) is 53.3 Å². The van der Waals surface area contributed by atoms with E-state index in [1.807, 2.05) is 25.1 Å². The first kappa shape index (κ1) is 19.4. The number of nitrogens with zero attached hydrogens (tertiary/aromatic N) is 2. The lowest BCUT2D eigenvalue weighted by Gasteiger charge is -2.26. The number of hydrogen-bond donors (Lipinski definition) is 3. The molecule has 1 saturated heterocycles. The zero-order valence-corrected chi connectivity index (χ0v) is 16.4. The number of aromatic nitrogens is 1. The van der Waals surface area contributed by atoms with Crippen LogP contribution in [0, 0.1) is 12.7 Å². The van der Waals surface area contributed by atoms with Crippen LogP contribution in [0.2, 0.25) is 0 Å². The highest BCUT2D eigenvalue weighted by Crippen LogP contribution is 2.27. The number of benzene rings is 2. The Labute approximate surface area is 169 Å². The molecule has 3 aromatic rings. The van der Waals surface area contributed by atoms with Crippen molar-refractivity contribution in [1.82, 2.24) is 9.88 Å². The number of aromatic hydroxyl groups is 1. The molecule has 0 atom stereocenters. The lowest BCUT2D eigenvalue weighted by molar-refractivity contribution is 0.0398. The van der Waals surface area contributed by atoms with E-state index in [0.717, 1.165) is 56.3 Å². The fraction of sp³-hybridized carbons (Fsp3) is 0.318. The van der Waals surface area contributed by atoms with Crippen LogP contribution in [-0.4, -0.2) is 60.6 Å². The molecule has 1 aliphatic heterocycles. The van der Waals surface area contributed by atoms with Gasteiger partial charge in [0.2, 0.25) is 0 Å². The molecule has 2 aromatic carbocycles. The summed E-state index contributed by atoms with van der Waals surface area (Å²) in [5, 5.41) is 14.2. The van der Waals surface area contributed by atoms with Crippen molar-refractivity contribution >= 4 is 28.5 Å². The van der Waals surface area contributed by atoms with Gasteiger partial charge in [-0.2, -0.15) is 0 Å². The summed E-state index contributed by atoms with van der Waals surface area (Å²) in [4.78, 5) is 9.69. The van der Waals surface area contributed by atoms with Gasteiger partial charge in [0.25, 0.3) is 0 Å². The van der Waals surface area contributed by atoms with Crippen LogP contribution in [0.15, 0.2) is 41.4 Å². The summed E-state index contributed by atoms with van der Waals surface area (Å²) < 4.78 is 18.9. The second-order valence-electron chi connectivity index (χ2n) is 7.22. The number of H-pyrrole nitrogens is 1. The smallest absolute Gasteiger partial charge is 0.198 e. The number of aliphatic imine (C=N–C) groups is 1. The van der Waals surface area contributed by atoms with Gasteiger partial charge in [-0.15, -0.1) is 0 Å². The Kier molecular flexibility index (Phi) is 5.78. The van der Waals surface area contributed by atoms with Gasteiger partial charge in [0.1, 0.15) is 5.82 Å². The number of fused-ring (bicyclic) bond motifs is 1. The minimum absolute atomic E-state index is 0.0209. The third-order valence-corrected chi connectivity index (χ3v) is 5.18. The third kappa shape index (κ3) is 4.58. The maximum Gasteiger partial charge on any atom is 0.198 e. The predicted molar refractivity (Wildman–Crippen MR) is 114 cm³/mol. The maximum absolute atomic E-state index is 13.6. The largest absolute Gasteiger partial charge is 0.494 e. The summed E-state index contributed by atoms with van der Waals surface area (Å²) in [5.74, 6) is -0.373. The Morgan fingerprint density at radius 1 is 1.24 bits per heavy atom.